The Balaban J connectivity index is 0.000000890. The molecule has 0 aliphatic rings. The number of nitrogens with one attached hydrogen (secondary N) is 2. The topological polar surface area (TPSA) is 92.3 Å². The van der Waals surface area contributed by atoms with Gasteiger partial charge in [0.25, 0.3) is 15.9 Å². The molecule has 11 heteroatoms. The van der Waals surface area contributed by atoms with Crippen molar-refractivity contribution in [2.24, 2.45) is 0 Å². The van der Waals surface area contributed by atoms with Gasteiger partial charge >= 0.3 is 6.29 Å². The molecule has 0 bridgehead atoms. The molecule has 0 heterocycles. The molecule has 2 N–H and O–H groups in total. The van der Waals surface area contributed by atoms with Crippen LogP contribution in [0.1, 0.15) is 21.5 Å². The molecule has 3 rings (SSSR count). The number of rotatable bonds is 6. The number of amides is 1. The third-order valence-electron chi connectivity index (χ3n) is 4.13. The van der Waals surface area contributed by atoms with Crippen molar-refractivity contribution in [2.45, 2.75) is 18.4 Å². The van der Waals surface area contributed by atoms with Crippen LogP contribution in [0.25, 0.3) is 0 Å². The second-order valence-corrected chi connectivity index (χ2v) is 9.24. The zero-order chi connectivity index (χ0) is 24.6. The van der Waals surface area contributed by atoms with E-state index in [-0.39, 0.29) is 16.1 Å². The number of carbonyl (C=O) groups excluding carboxylic acids is 2. The maximum atomic E-state index is 13.1. The molecule has 0 aliphatic carbocycles. The van der Waals surface area contributed by atoms with Crippen LogP contribution in [0.5, 0.6) is 0 Å². The van der Waals surface area contributed by atoms with Crippen LogP contribution in [0.15, 0.2) is 76.1 Å². The fourth-order valence-electron chi connectivity index (χ4n) is 2.71. The van der Waals surface area contributed by atoms with Crippen LogP contribution in [0.2, 0.25) is 0 Å². The molecule has 0 saturated carbocycles. The van der Waals surface area contributed by atoms with E-state index in [0.29, 0.717) is 11.0 Å². The van der Waals surface area contributed by atoms with E-state index in [4.69, 9.17) is 4.79 Å². The largest absolute Gasteiger partial charge is 0.483 e. The summed E-state index contributed by atoms with van der Waals surface area (Å²) in [6.45, 7) is 2.26. The first-order chi connectivity index (χ1) is 15.5. The quantitative estimate of drug-likeness (QED) is 0.392. The number of hydrogen-bond donors (Lipinski definition) is 2. The van der Waals surface area contributed by atoms with Gasteiger partial charge in [-0.25, -0.2) is 17.6 Å². The smallest absolute Gasteiger partial charge is 0.348 e. The lowest BCUT2D eigenvalue weighted by molar-refractivity contribution is 0.0951. The number of hydrogen-bond acceptors (Lipinski definition) is 4. The zero-order valence-corrected chi connectivity index (χ0v) is 19.5. The van der Waals surface area contributed by atoms with E-state index in [1.54, 1.807) is 6.07 Å². The number of carbonyl (C=O) groups is 2. The van der Waals surface area contributed by atoms with Gasteiger partial charge in [0.05, 0.1) is 16.1 Å². The highest BCUT2D eigenvalue weighted by Gasteiger charge is 2.19. The Labute approximate surface area is 197 Å². The van der Waals surface area contributed by atoms with Crippen molar-refractivity contribution >= 4 is 43.8 Å². The summed E-state index contributed by atoms with van der Waals surface area (Å²) in [6, 6.07) is 16.8. The predicted octanol–water partition coefficient (Wildman–Crippen LogP) is 5.67. The van der Waals surface area contributed by atoms with E-state index in [9.17, 15) is 26.4 Å². The predicted molar refractivity (Wildman–Crippen MR) is 121 cm³/mol. The molecule has 0 spiro atoms. The van der Waals surface area contributed by atoms with E-state index in [2.05, 4.69) is 26.0 Å². The molecule has 3 aromatic rings. The number of halogens is 4. The number of anilines is 1. The molecule has 0 fully saturated rings. The summed E-state index contributed by atoms with van der Waals surface area (Å²) in [5, 5.41) is 2.80. The van der Waals surface area contributed by atoms with Gasteiger partial charge in [0, 0.05) is 11.0 Å². The second-order valence-electron chi connectivity index (χ2n) is 6.65. The molecule has 0 radical (unpaired) electrons. The number of benzene rings is 3. The first-order valence-electron chi connectivity index (χ1n) is 9.24. The van der Waals surface area contributed by atoms with Crippen molar-refractivity contribution in [3.8, 4) is 0 Å². The highest BCUT2D eigenvalue weighted by atomic mass is 79.9. The summed E-state index contributed by atoms with van der Waals surface area (Å²) in [7, 11) is -3.98. The van der Waals surface area contributed by atoms with Gasteiger partial charge in [0.2, 0.25) is 0 Å². The maximum absolute atomic E-state index is 13.1. The Morgan fingerprint density at radius 1 is 0.970 bits per heavy atom. The molecule has 6 nitrogen and oxygen atoms in total. The normalized spacial score (nSPS) is 10.6. The Morgan fingerprint density at radius 3 is 2.21 bits per heavy atom. The summed E-state index contributed by atoms with van der Waals surface area (Å²) in [5.41, 5.74) is 2.30. The van der Waals surface area contributed by atoms with Crippen LogP contribution in [0, 0.1) is 12.7 Å². The molecule has 0 aliphatic heterocycles. The van der Waals surface area contributed by atoms with Crippen molar-refractivity contribution < 1.29 is 31.2 Å². The Kier molecular flexibility index (Phi) is 9.18. The van der Waals surface area contributed by atoms with Gasteiger partial charge in [-0.15, -0.1) is 8.78 Å². The van der Waals surface area contributed by atoms with Crippen molar-refractivity contribution in [3.63, 3.8) is 0 Å². The summed E-state index contributed by atoms with van der Waals surface area (Å²) in [6.07, 6.45) is -2.83. The zero-order valence-electron chi connectivity index (χ0n) is 17.1. The van der Waals surface area contributed by atoms with E-state index in [1.165, 1.54) is 12.1 Å². The highest BCUT2D eigenvalue weighted by Crippen LogP contribution is 2.24. The second kappa shape index (κ2) is 11.6. The fourth-order valence-corrected chi connectivity index (χ4v) is 4.15. The van der Waals surface area contributed by atoms with E-state index in [0.717, 1.165) is 35.4 Å². The van der Waals surface area contributed by atoms with Crippen LogP contribution < -0.4 is 10.0 Å². The summed E-state index contributed by atoms with van der Waals surface area (Å²) in [4.78, 5) is 20.7. The number of aryl methyl sites for hydroxylation is 1. The van der Waals surface area contributed by atoms with Gasteiger partial charge in [0.15, 0.2) is 0 Å². The van der Waals surface area contributed by atoms with Crippen LogP contribution in [0.4, 0.5) is 23.7 Å². The van der Waals surface area contributed by atoms with E-state index < -0.39 is 28.0 Å². The van der Waals surface area contributed by atoms with Crippen LogP contribution >= 0.6 is 15.9 Å². The van der Waals surface area contributed by atoms with Gasteiger partial charge < -0.3 is 5.32 Å². The third kappa shape index (κ3) is 8.35. The lowest BCUT2D eigenvalue weighted by atomic mass is 10.1. The molecular formula is C22H18BrF3N2O4S. The lowest BCUT2D eigenvalue weighted by Crippen LogP contribution is -2.25. The van der Waals surface area contributed by atoms with Crippen LogP contribution in [-0.4, -0.2) is 20.6 Å². The minimum absolute atomic E-state index is 0.104. The van der Waals surface area contributed by atoms with E-state index >= 15 is 0 Å². The molecule has 0 aromatic heterocycles. The molecule has 0 saturated heterocycles. The minimum atomic E-state index is -3.98. The molecule has 0 atom stereocenters. The Morgan fingerprint density at radius 2 is 1.61 bits per heavy atom. The first kappa shape index (κ1) is 26.1. The Bertz CT molecular complexity index is 1250. The van der Waals surface area contributed by atoms with Gasteiger partial charge in [-0.1, -0.05) is 45.8 Å². The Hall–Kier alpha value is -3.18. The standard InChI is InChI=1S/C21H18BrFN2O3S.CF2O/c1-14-3-2-4-15(11-14)13-24-21(26)19-12-16(22)5-10-20(19)25-29(27,28)18-8-6-17(23)7-9-18;2-1(3)4/h2-12,25H,13H2,1H3,(H,24,26);. The van der Waals surface area contributed by atoms with Crippen LogP contribution in [0.3, 0.4) is 0 Å². The average Bonchev–Trinajstić information content (AvgIpc) is 2.73. The third-order valence-corrected chi connectivity index (χ3v) is 6.00. The van der Waals surface area contributed by atoms with Gasteiger partial charge in [-0.3, -0.25) is 9.52 Å². The summed E-state index contributed by atoms with van der Waals surface area (Å²) < 4.78 is 60.7. The highest BCUT2D eigenvalue weighted by molar-refractivity contribution is 9.10. The van der Waals surface area contributed by atoms with Crippen molar-refractivity contribution in [3.05, 3.63) is 93.7 Å². The maximum Gasteiger partial charge on any atom is 0.483 e. The molecule has 33 heavy (non-hydrogen) atoms. The monoisotopic (exact) mass is 542 g/mol. The van der Waals surface area contributed by atoms with Crippen molar-refractivity contribution in [1.29, 1.82) is 0 Å². The van der Waals surface area contributed by atoms with E-state index in [1.807, 2.05) is 31.2 Å². The summed E-state index contributed by atoms with van der Waals surface area (Å²) in [5.74, 6) is -0.964. The minimum Gasteiger partial charge on any atom is -0.348 e. The molecule has 0 unspecified atom stereocenters. The van der Waals surface area contributed by atoms with Crippen molar-refractivity contribution in [2.75, 3.05) is 4.72 Å². The van der Waals surface area contributed by atoms with Gasteiger partial charge in [0.1, 0.15) is 5.82 Å². The summed E-state index contributed by atoms with van der Waals surface area (Å²) >= 11 is 3.30. The van der Waals surface area contributed by atoms with Gasteiger partial charge in [-0.2, -0.15) is 0 Å². The van der Waals surface area contributed by atoms with Gasteiger partial charge in [-0.05, 0) is 55.0 Å². The SMILES string of the molecule is Cc1cccc(CNC(=O)c2cc(Br)ccc2NS(=O)(=O)c2ccc(F)cc2)c1.O=C(F)F. The lowest BCUT2D eigenvalue weighted by Gasteiger charge is -2.14. The first-order valence-corrected chi connectivity index (χ1v) is 11.5. The molecule has 1 amide bonds. The molecular weight excluding hydrogens is 525 g/mol. The number of sulfonamides is 1. The molecule has 3 aromatic carbocycles. The molecule has 174 valence electrons. The average molecular weight is 543 g/mol. The van der Waals surface area contributed by atoms with Crippen LogP contribution in [-0.2, 0) is 16.6 Å². The van der Waals surface area contributed by atoms with Crippen molar-refractivity contribution in [1.82, 2.24) is 5.32 Å². The fraction of sp³-hybridized carbons (Fsp3) is 0.0909.